The molecule has 1 heterocycles. The first kappa shape index (κ1) is 18.1. The highest BCUT2D eigenvalue weighted by atomic mass is 35.5. The van der Waals surface area contributed by atoms with Gasteiger partial charge in [-0.1, -0.05) is 40.9 Å². The maximum atomic E-state index is 12.2. The van der Waals surface area contributed by atoms with Gasteiger partial charge in [-0.05, 0) is 43.7 Å². The van der Waals surface area contributed by atoms with Crippen molar-refractivity contribution < 1.29 is 4.79 Å². The number of rotatable bonds is 6. The number of aromatic nitrogens is 3. The molecule has 0 unspecified atom stereocenters. The number of benzene rings is 2. The average Bonchev–Trinajstić information content (AvgIpc) is 3.03. The SMILES string of the molecule is Cc1cc(C)cc(C(=O)NCCc2n[nH]c(Cc3ccc(Cl)cc3)n2)c1. The molecule has 0 aliphatic heterocycles. The number of nitrogens with zero attached hydrogens (tertiary/aromatic N) is 2. The first-order valence-corrected chi connectivity index (χ1v) is 8.88. The molecule has 2 aromatic carbocycles. The van der Waals surface area contributed by atoms with E-state index in [0.717, 1.165) is 22.5 Å². The molecule has 0 saturated heterocycles. The number of hydrogen-bond donors (Lipinski definition) is 2. The quantitative estimate of drug-likeness (QED) is 0.697. The van der Waals surface area contributed by atoms with Crippen molar-refractivity contribution in [3.63, 3.8) is 0 Å². The number of halogens is 1. The summed E-state index contributed by atoms with van der Waals surface area (Å²) in [6.07, 6.45) is 1.24. The van der Waals surface area contributed by atoms with Gasteiger partial charge in [0.05, 0.1) is 0 Å². The summed E-state index contributed by atoms with van der Waals surface area (Å²) in [4.78, 5) is 16.7. The van der Waals surface area contributed by atoms with E-state index in [1.54, 1.807) is 0 Å². The molecule has 0 spiro atoms. The Morgan fingerprint density at radius 1 is 1.12 bits per heavy atom. The minimum atomic E-state index is -0.0753. The Labute approximate surface area is 157 Å². The molecule has 0 aliphatic rings. The molecular formula is C20H21ClN4O. The van der Waals surface area contributed by atoms with E-state index in [1.807, 2.05) is 56.3 Å². The van der Waals surface area contributed by atoms with Gasteiger partial charge in [0.2, 0.25) is 0 Å². The molecule has 0 atom stereocenters. The summed E-state index contributed by atoms with van der Waals surface area (Å²) < 4.78 is 0. The smallest absolute Gasteiger partial charge is 0.251 e. The summed E-state index contributed by atoms with van der Waals surface area (Å²) in [5.74, 6) is 1.41. The molecular weight excluding hydrogens is 348 g/mol. The van der Waals surface area contributed by atoms with Crippen molar-refractivity contribution in [1.82, 2.24) is 20.5 Å². The van der Waals surface area contributed by atoms with Crippen LogP contribution >= 0.6 is 11.6 Å². The first-order chi connectivity index (χ1) is 12.5. The average molecular weight is 369 g/mol. The highest BCUT2D eigenvalue weighted by Crippen LogP contribution is 2.12. The Morgan fingerprint density at radius 3 is 2.50 bits per heavy atom. The van der Waals surface area contributed by atoms with Gasteiger partial charge in [0, 0.05) is 30.0 Å². The van der Waals surface area contributed by atoms with Crippen LogP contribution in [0.15, 0.2) is 42.5 Å². The highest BCUT2D eigenvalue weighted by molar-refractivity contribution is 6.30. The fourth-order valence-corrected chi connectivity index (χ4v) is 2.94. The molecule has 0 saturated carbocycles. The molecule has 26 heavy (non-hydrogen) atoms. The molecule has 3 aromatic rings. The Balaban J connectivity index is 1.51. The lowest BCUT2D eigenvalue weighted by Gasteiger charge is -2.06. The third kappa shape index (κ3) is 4.92. The van der Waals surface area contributed by atoms with Gasteiger partial charge in [-0.2, -0.15) is 5.10 Å². The van der Waals surface area contributed by atoms with Gasteiger partial charge in [-0.3, -0.25) is 9.89 Å². The Kier molecular flexibility index (Phi) is 5.68. The number of carbonyl (C=O) groups excluding carboxylic acids is 1. The van der Waals surface area contributed by atoms with Crippen LogP contribution in [0.2, 0.25) is 5.02 Å². The van der Waals surface area contributed by atoms with Crippen LogP contribution in [0.5, 0.6) is 0 Å². The monoisotopic (exact) mass is 368 g/mol. The summed E-state index contributed by atoms with van der Waals surface area (Å²) in [7, 11) is 0. The van der Waals surface area contributed by atoms with Gasteiger partial charge >= 0.3 is 0 Å². The maximum Gasteiger partial charge on any atom is 0.251 e. The zero-order chi connectivity index (χ0) is 18.5. The number of carbonyl (C=O) groups is 1. The van der Waals surface area contributed by atoms with Crippen molar-refractivity contribution in [3.8, 4) is 0 Å². The number of H-pyrrole nitrogens is 1. The van der Waals surface area contributed by atoms with Crippen LogP contribution in [0.1, 0.15) is 38.7 Å². The van der Waals surface area contributed by atoms with Crippen molar-refractivity contribution in [3.05, 3.63) is 81.4 Å². The van der Waals surface area contributed by atoms with Crippen LogP contribution in [-0.2, 0) is 12.8 Å². The van der Waals surface area contributed by atoms with Crippen molar-refractivity contribution >= 4 is 17.5 Å². The second-order valence-corrected chi connectivity index (χ2v) is 6.82. The van der Waals surface area contributed by atoms with E-state index >= 15 is 0 Å². The lowest BCUT2D eigenvalue weighted by atomic mass is 10.1. The fourth-order valence-electron chi connectivity index (χ4n) is 2.82. The zero-order valence-corrected chi connectivity index (χ0v) is 15.6. The second-order valence-electron chi connectivity index (χ2n) is 6.38. The molecule has 1 amide bonds. The van der Waals surface area contributed by atoms with Crippen molar-refractivity contribution in [2.75, 3.05) is 6.54 Å². The van der Waals surface area contributed by atoms with Crippen molar-refractivity contribution in [1.29, 1.82) is 0 Å². The van der Waals surface area contributed by atoms with Crippen LogP contribution in [0.25, 0.3) is 0 Å². The largest absolute Gasteiger partial charge is 0.352 e. The second kappa shape index (κ2) is 8.15. The van der Waals surface area contributed by atoms with Gasteiger partial charge in [-0.25, -0.2) is 4.98 Å². The Hall–Kier alpha value is -2.66. The normalized spacial score (nSPS) is 10.7. The number of aryl methyl sites for hydroxylation is 2. The van der Waals surface area contributed by atoms with Crippen molar-refractivity contribution in [2.45, 2.75) is 26.7 Å². The minimum absolute atomic E-state index is 0.0753. The molecule has 1 aromatic heterocycles. The summed E-state index contributed by atoms with van der Waals surface area (Å²) in [6, 6.07) is 13.5. The number of aromatic amines is 1. The molecule has 0 fully saturated rings. The van der Waals surface area contributed by atoms with E-state index in [9.17, 15) is 4.79 Å². The lowest BCUT2D eigenvalue weighted by molar-refractivity contribution is 0.0954. The van der Waals surface area contributed by atoms with Gasteiger partial charge in [0.15, 0.2) is 5.82 Å². The predicted octanol–water partition coefficient (Wildman–Crippen LogP) is 3.64. The number of hydrogen-bond acceptors (Lipinski definition) is 3. The molecule has 0 radical (unpaired) electrons. The predicted molar refractivity (Wildman–Crippen MR) is 103 cm³/mol. The zero-order valence-electron chi connectivity index (χ0n) is 14.8. The fraction of sp³-hybridized carbons (Fsp3) is 0.250. The molecule has 3 rings (SSSR count). The topological polar surface area (TPSA) is 70.7 Å². The van der Waals surface area contributed by atoms with E-state index < -0.39 is 0 Å². The van der Waals surface area contributed by atoms with E-state index in [0.29, 0.717) is 35.8 Å². The summed E-state index contributed by atoms with van der Waals surface area (Å²) in [5.41, 5.74) is 3.95. The Bertz CT molecular complexity index is 882. The molecule has 0 aliphatic carbocycles. The van der Waals surface area contributed by atoms with Crippen LogP contribution in [0, 0.1) is 13.8 Å². The standard InChI is InChI=1S/C20H21ClN4O/c1-13-9-14(2)11-16(10-13)20(26)22-8-7-18-23-19(25-24-18)12-15-3-5-17(21)6-4-15/h3-6,9-11H,7-8,12H2,1-2H3,(H,22,26)(H,23,24,25). The third-order valence-electron chi connectivity index (χ3n) is 3.98. The summed E-state index contributed by atoms with van der Waals surface area (Å²) >= 11 is 5.89. The highest BCUT2D eigenvalue weighted by Gasteiger charge is 2.08. The van der Waals surface area contributed by atoms with E-state index in [1.165, 1.54) is 0 Å². The first-order valence-electron chi connectivity index (χ1n) is 8.51. The number of amides is 1. The van der Waals surface area contributed by atoms with Gasteiger partial charge in [0.25, 0.3) is 5.91 Å². The van der Waals surface area contributed by atoms with Crippen LogP contribution in [-0.4, -0.2) is 27.6 Å². The van der Waals surface area contributed by atoms with Gasteiger partial charge < -0.3 is 5.32 Å². The molecule has 6 heteroatoms. The number of nitrogens with one attached hydrogen (secondary N) is 2. The van der Waals surface area contributed by atoms with Crippen LogP contribution < -0.4 is 5.32 Å². The molecule has 2 N–H and O–H groups in total. The molecule has 5 nitrogen and oxygen atoms in total. The van der Waals surface area contributed by atoms with Crippen LogP contribution in [0.3, 0.4) is 0 Å². The van der Waals surface area contributed by atoms with E-state index in [-0.39, 0.29) is 5.91 Å². The van der Waals surface area contributed by atoms with E-state index in [2.05, 4.69) is 20.5 Å². The van der Waals surface area contributed by atoms with Gasteiger partial charge in [-0.15, -0.1) is 0 Å². The van der Waals surface area contributed by atoms with E-state index in [4.69, 9.17) is 11.6 Å². The maximum absolute atomic E-state index is 12.2. The lowest BCUT2D eigenvalue weighted by Crippen LogP contribution is -2.26. The third-order valence-corrected chi connectivity index (χ3v) is 4.23. The van der Waals surface area contributed by atoms with Gasteiger partial charge in [0.1, 0.15) is 5.82 Å². The molecule has 134 valence electrons. The summed E-state index contributed by atoms with van der Waals surface area (Å²) in [5, 5.41) is 10.8. The Morgan fingerprint density at radius 2 is 1.81 bits per heavy atom. The minimum Gasteiger partial charge on any atom is -0.352 e. The van der Waals surface area contributed by atoms with Crippen LogP contribution in [0.4, 0.5) is 0 Å². The van der Waals surface area contributed by atoms with Crippen molar-refractivity contribution in [2.24, 2.45) is 0 Å². The summed E-state index contributed by atoms with van der Waals surface area (Å²) in [6.45, 7) is 4.46. The molecule has 0 bridgehead atoms.